The molecule has 0 unspecified atom stereocenters. The van der Waals surface area contributed by atoms with E-state index in [4.69, 9.17) is 0 Å². The van der Waals surface area contributed by atoms with Crippen molar-refractivity contribution < 1.29 is 4.39 Å². The Bertz CT molecular complexity index is 174. The van der Waals surface area contributed by atoms with Crippen LogP contribution in [0.25, 0.3) is 0 Å². The van der Waals surface area contributed by atoms with Crippen molar-refractivity contribution in [2.24, 2.45) is 0 Å². The van der Waals surface area contributed by atoms with Gasteiger partial charge >= 0.3 is 0 Å². The van der Waals surface area contributed by atoms with Crippen molar-refractivity contribution >= 4 is 11.8 Å². The first-order chi connectivity index (χ1) is 3.84. The third-order valence-electron chi connectivity index (χ3n) is 0.765. The van der Waals surface area contributed by atoms with Gasteiger partial charge in [-0.25, -0.2) is 4.39 Å². The highest BCUT2D eigenvalue weighted by Gasteiger charge is 1.98. The first-order valence-corrected chi connectivity index (χ1v) is 3.30. The molecule has 0 saturated heterocycles. The molecule has 1 N–H and O–H groups in total. The van der Waals surface area contributed by atoms with Crippen molar-refractivity contribution in [1.82, 2.24) is 10.2 Å². The van der Waals surface area contributed by atoms with Crippen LogP contribution in [0.2, 0.25) is 0 Å². The molecule has 0 aromatic carbocycles. The highest BCUT2D eigenvalue weighted by molar-refractivity contribution is 7.98. The van der Waals surface area contributed by atoms with Crippen LogP contribution >= 0.6 is 11.8 Å². The Balaban J connectivity index is 2.92. The highest BCUT2D eigenvalue weighted by atomic mass is 32.2. The SMILES string of the molecule is CSc1[nH]ncc1F. The molecule has 0 atom stereocenters. The lowest BCUT2D eigenvalue weighted by Gasteiger charge is -1.83. The molecular weight excluding hydrogens is 127 g/mol. The Morgan fingerprint density at radius 3 is 2.88 bits per heavy atom. The van der Waals surface area contributed by atoms with E-state index in [0.717, 1.165) is 6.20 Å². The van der Waals surface area contributed by atoms with E-state index in [1.165, 1.54) is 11.8 Å². The van der Waals surface area contributed by atoms with Crippen molar-refractivity contribution in [3.8, 4) is 0 Å². The molecule has 4 heteroatoms. The molecular formula is C4H5FN2S. The lowest BCUT2D eigenvalue weighted by atomic mass is 10.7. The van der Waals surface area contributed by atoms with Crippen LogP contribution in [0.1, 0.15) is 0 Å². The van der Waals surface area contributed by atoms with E-state index < -0.39 is 0 Å². The number of rotatable bonds is 1. The van der Waals surface area contributed by atoms with Crippen LogP contribution in [-0.4, -0.2) is 16.5 Å². The minimum absolute atomic E-state index is 0.280. The molecule has 0 fully saturated rings. The van der Waals surface area contributed by atoms with E-state index in [1.54, 1.807) is 6.26 Å². The molecule has 0 bridgehead atoms. The van der Waals surface area contributed by atoms with E-state index in [9.17, 15) is 4.39 Å². The van der Waals surface area contributed by atoms with Gasteiger partial charge in [0.25, 0.3) is 0 Å². The fourth-order valence-electron chi connectivity index (χ4n) is 0.403. The molecule has 1 aromatic rings. The Hall–Kier alpha value is -0.510. The predicted molar refractivity (Wildman–Crippen MR) is 30.3 cm³/mol. The van der Waals surface area contributed by atoms with Crippen molar-refractivity contribution in [3.05, 3.63) is 12.0 Å². The number of hydrogen-bond acceptors (Lipinski definition) is 2. The van der Waals surface area contributed by atoms with Gasteiger partial charge < -0.3 is 0 Å². The first kappa shape index (κ1) is 5.62. The highest BCUT2D eigenvalue weighted by Crippen LogP contribution is 2.13. The van der Waals surface area contributed by atoms with Crippen molar-refractivity contribution in [2.75, 3.05) is 6.26 Å². The van der Waals surface area contributed by atoms with Gasteiger partial charge in [-0.15, -0.1) is 11.8 Å². The summed E-state index contributed by atoms with van der Waals surface area (Å²) in [6.45, 7) is 0. The molecule has 0 saturated carbocycles. The first-order valence-electron chi connectivity index (χ1n) is 2.07. The molecule has 8 heavy (non-hydrogen) atoms. The number of nitrogens with one attached hydrogen (secondary N) is 1. The number of nitrogens with zero attached hydrogens (tertiary/aromatic N) is 1. The maximum Gasteiger partial charge on any atom is 0.174 e. The molecule has 1 heterocycles. The molecule has 1 rings (SSSR count). The summed E-state index contributed by atoms with van der Waals surface area (Å²) in [5, 5.41) is 6.46. The van der Waals surface area contributed by atoms with Crippen molar-refractivity contribution in [2.45, 2.75) is 5.03 Å². The maximum atomic E-state index is 12.2. The van der Waals surface area contributed by atoms with Gasteiger partial charge in [0, 0.05) is 0 Å². The fraction of sp³-hybridized carbons (Fsp3) is 0.250. The van der Waals surface area contributed by atoms with Gasteiger partial charge in [-0.1, -0.05) is 0 Å². The van der Waals surface area contributed by atoms with Crippen molar-refractivity contribution in [1.29, 1.82) is 0 Å². The minimum atomic E-state index is -0.280. The Morgan fingerprint density at radius 1 is 1.88 bits per heavy atom. The molecule has 0 aliphatic carbocycles. The lowest BCUT2D eigenvalue weighted by molar-refractivity contribution is 0.601. The van der Waals surface area contributed by atoms with Gasteiger partial charge in [0.05, 0.1) is 6.20 Å². The summed E-state index contributed by atoms with van der Waals surface area (Å²) in [5.41, 5.74) is 0. The van der Waals surface area contributed by atoms with E-state index in [0.29, 0.717) is 5.03 Å². The molecule has 0 aliphatic heterocycles. The number of aromatic nitrogens is 2. The second-order valence-electron chi connectivity index (χ2n) is 1.25. The van der Waals surface area contributed by atoms with Gasteiger partial charge in [0.1, 0.15) is 5.03 Å². The summed E-state index contributed by atoms with van der Waals surface area (Å²) in [4.78, 5) is 0. The summed E-state index contributed by atoms with van der Waals surface area (Å²) in [6, 6.07) is 0. The number of H-pyrrole nitrogens is 1. The molecule has 0 aliphatic rings. The minimum Gasteiger partial charge on any atom is -0.269 e. The van der Waals surface area contributed by atoms with Gasteiger partial charge in [-0.05, 0) is 6.26 Å². The standard InChI is InChI=1S/C4H5FN2S/c1-8-4-3(5)2-6-7-4/h2H,1H3,(H,6,7). The Labute approximate surface area is 50.5 Å². The largest absolute Gasteiger partial charge is 0.269 e. The van der Waals surface area contributed by atoms with Crippen LogP contribution in [0.4, 0.5) is 4.39 Å². The number of halogens is 1. The van der Waals surface area contributed by atoms with E-state index in [1.807, 2.05) is 0 Å². The van der Waals surface area contributed by atoms with Gasteiger partial charge in [-0.2, -0.15) is 5.10 Å². The second kappa shape index (κ2) is 2.17. The fourth-order valence-corrected chi connectivity index (χ4v) is 0.794. The van der Waals surface area contributed by atoms with Crippen LogP contribution in [0.15, 0.2) is 11.2 Å². The van der Waals surface area contributed by atoms with Crippen LogP contribution in [0.3, 0.4) is 0 Å². The van der Waals surface area contributed by atoms with Gasteiger partial charge in [0.15, 0.2) is 5.82 Å². The van der Waals surface area contributed by atoms with E-state index in [2.05, 4.69) is 10.2 Å². The Morgan fingerprint density at radius 2 is 2.62 bits per heavy atom. The number of thioether (sulfide) groups is 1. The smallest absolute Gasteiger partial charge is 0.174 e. The second-order valence-corrected chi connectivity index (χ2v) is 2.07. The van der Waals surface area contributed by atoms with Gasteiger partial charge in [-0.3, -0.25) is 5.10 Å². The predicted octanol–water partition coefficient (Wildman–Crippen LogP) is 1.27. The van der Waals surface area contributed by atoms with E-state index >= 15 is 0 Å². The molecule has 1 aromatic heterocycles. The van der Waals surface area contributed by atoms with Crippen LogP contribution in [0, 0.1) is 5.82 Å². The lowest BCUT2D eigenvalue weighted by Crippen LogP contribution is -1.70. The zero-order chi connectivity index (χ0) is 5.98. The summed E-state index contributed by atoms with van der Waals surface area (Å²) in [5.74, 6) is -0.280. The maximum absolute atomic E-state index is 12.2. The van der Waals surface area contributed by atoms with Crippen molar-refractivity contribution in [3.63, 3.8) is 0 Å². The molecule has 0 amide bonds. The van der Waals surface area contributed by atoms with Crippen LogP contribution in [0.5, 0.6) is 0 Å². The van der Waals surface area contributed by atoms with E-state index in [-0.39, 0.29) is 5.82 Å². The van der Waals surface area contributed by atoms with Gasteiger partial charge in [0.2, 0.25) is 0 Å². The number of aromatic amines is 1. The summed E-state index contributed by atoms with van der Waals surface area (Å²) < 4.78 is 12.2. The van der Waals surface area contributed by atoms with Crippen LogP contribution in [-0.2, 0) is 0 Å². The topological polar surface area (TPSA) is 28.7 Å². The average molecular weight is 132 g/mol. The molecule has 44 valence electrons. The monoisotopic (exact) mass is 132 g/mol. The average Bonchev–Trinajstić information content (AvgIpc) is 2.14. The summed E-state index contributed by atoms with van der Waals surface area (Å²) in [7, 11) is 0. The summed E-state index contributed by atoms with van der Waals surface area (Å²) >= 11 is 1.31. The molecule has 0 radical (unpaired) electrons. The third kappa shape index (κ3) is 0.838. The normalized spacial score (nSPS) is 9.75. The zero-order valence-corrected chi connectivity index (χ0v) is 5.13. The Kier molecular flexibility index (Phi) is 1.53. The zero-order valence-electron chi connectivity index (χ0n) is 4.31. The molecule has 2 nitrogen and oxygen atoms in total. The van der Waals surface area contributed by atoms with Crippen LogP contribution < -0.4 is 0 Å². The summed E-state index contributed by atoms with van der Waals surface area (Å²) in [6.07, 6.45) is 2.95. The third-order valence-corrected chi connectivity index (χ3v) is 1.46. The molecule has 0 spiro atoms. The quantitative estimate of drug-likeness (QED) is 0.583. The number of hydrogen-bond donors (Lipinski definition) is 1.